The molecule has 0 amide bonds. The van der Waals surface area contributed by atoms with Gasteiger partial charge < -0.3 is 11.1 Å². The molecule has 2 fully saturated rings. The van der Waals surface area contributed by atoms with E-state index in [-0.39, 0.29) is 0 Å². The minimum Gasteiger partial charge on any atom is -0.326 e. The largest absolute Gasteiger partial charge is 0.326 e. The fraction of sp³-hybridized carbons (Fsp3) is 1.00. The van der Waals surface area contributed by atoms with E-state index >= 15 is 0 Å². The normalized spacial score (nSPS) is 37.5. The first kappa shape index (κ1) is 6.62. The van der Waals surface area contributed by atoms with Gasteiger partial charge >= 0.3 is 0 Å². The van der Waals surface area contributed by atoms with Crippen LogP contribution in [0.15, 0.2) is 0 Å². The quantitative estimate of drug-likeness (QED) is 0.517. The molecule has 1 aliphatic heterocycles. The van der Waals surface area contributed by atoms with Crippen molar-refractivity contribution in [3.05, 3.63) is 0 Å². The van der Waals surface area contributed by atoms with Crippen LogP contribution in [0, 0.1) is 0 Å². The van der Waals surface area contributed by atoms with Crippen LogP contribution in [0.1, 0.15) is 32.1 Å². The molecule has 1 saturated carbocycles. The Kier molecular flexibility index (Phi) is 1.46. The molecule has 0 aromatic rings. The second-order valence-corrected chi connectivity index (χ2v) is 3.69. The van der Waals surface area contributed by atoms with Crippen LogP contribution in [-0.4, -0.2) is 18.1 Å². The summed E-state index contributed by atoms with van der Waals surface area (Å²) >= 11 is 0. The molecule has 58 valence electrons. The van der Waals surface area contributed by atoms with Gasteiger partial charge in [-0.05, 0) is 25.8 Å². The summed E-state index contributed by atoms with van der Waals surface area (Å²) in [6.45, 7) is 1.14. The van der Waals surface area contributed by atoms with Crippen LogP contribution in [-0.2, 0) is 0 Å². The van der Waals surface area contributed by atoms with Gasteiger partial charge in [0.2, 0.25) is 0 Å². The van der Waals surface area contributed by atoms with Crippen molar-refractivity contribution < 1.29 is 0 Å². The first-order valence-electron chi connectivity index (χ1n) is 4.34. The number of rotatable bonds is 0. The maximum absolute atomic E-state index is 6.01. The fourth-order valence-corrected chi connectivity index (χ4v) is 2.44. The Bertz CT molecular complexity index is 122. The Balaban J connectivity index is 2.11. The lowest BCUT2D eigenvalue weighted by Gasteiger charge is -2.28. The summed E-state index contributed by atoms with van der Waals surface area (Å²) in [5, 5.41) is 3.56. The van der Waals surface area contributed by atoms with Crippen molar-refractivity contribution in [1.29, 1.82) is 0 Å². The molecule has 10 heavy (non-hydrogen) atoms. The molecule has 0 aromatic carbocycles. The minimum absolute atomic E-state index is 0.375. The van der Waals surface area contributed by atoms with Gasteiger partial charge in [-0.15, -0.1) is 0 Å². The van der Waals surface area contributed by atoms with Crippen molar-refractivity contribution in [1.82, 2.24) is 5.32 Å². The first-order valence-corrected chi connectivity index (χ1v) is 4.34. The van der Waals surface area contributed by atoms with Crippen molar-refractivity contribution in [2.45, 2.75) is 43.7 Å². The van der Waals surface area contributed by atoms with Crippen LogP contribution in [0.2, 0.25) is 0 Å². The van der Waals surface area contributed by atoms with Crippen molar-refractivity contribution in [3.63, 3.8) is 0 Å². The van der Waals surface area contributed by atoms with Crippen LogP contribution in [0.4, 0.5) is 0 Å². The lowest BCUT2D eigenvalue weighted by Crippen LogP contribution is -2.49. The molecule has 2 rings (SSSR count). The molecule has 0 aromatic heterocycles. The third-order valence-electron chi connectivity index (χ3n) is 3.14. The highest BCUT2D eigenvalue weighted by Crippen LogP contribution is 2.35. The number of nitrogens with two attached hydrogens (primary N) is 1. The lowest BCUT2D eigenvalue weighted by molar-refractivity contribution is 0.347. The van der Waals surface area contributed by atoms with Gasteiger partial charge in [0, 0.05) is 11.6 Å². The van der Waals surface area contributed by atoms with Gasteiger partial charge in [0.15, 0.2) is 0 Å². The van der Waals surface area contributed by atoms with Crippen molar-refractivity contribution in [2.75, 3.05) is 6.54 Å². The minimum atomic E-state index is 0.375. The van der Waals surface area contributed by atoms with Crippen molar-refractivity contribution >= 4 is 0 Å². The Morgan fingerprint density at radius 2 is 2.00 bits per heavy atom. The van der Waals surface area contributed by atoms with E-state index in [2.05, 4.69) is 5.32 Å². The number of nitrogens with one attached hydrogen (secondary N) is 1. The second kappa shape index (κ2) is 2.21. The molecular weight excluding hydrogens is 124 g/mol. The molecule has 1 unspecified atom stereocenters. The Hall–Kier alpha value is -0.0800. The molecule has 0 bridgehead atoms. The molecule has 1 saturated heterocycles. The summed E-state index contributed by atoms with van der Waals surface area (Å²) in [6, 6.07) is 0.440. The summed E-state index contributed by atoms with van der Waals surface area (Å²) in [5.74, 6) is 0. The highest BCUT2D eigenvalue weighted by molar-refractivity contribution is 5.04. The Morgan fingerprint density at radius 1 is 1.30 bits per heavy atom. The molecule has 1 atom stereocenters. The van der Waals surface area contributed by atoms with Gasteiger partial charge in [-0.2, -0.15) is 0 Å². The topological polar surface area (TPSA) is 38.0 Å². The fourth-order valence-electron chi connectivity index (χ4n) is 2.44. The van der Waals surface area contributed by atoms with Gasteiger partial charge in [-0.25, -0.2) is 0 Å². The van der Waals surface area contributed by atoms with Gasteiger partial charge in [-0.1, -0.05) is 12.8 Å². The summed E-state index contributed by atoms with van der Waals surface area (Å²) in [4.78, 5) is 0. The summed E-state index contributed by atoms with van der Waals surface area (Å²) in [6.07, 6.45) is 6.56. The maximum Gasteiger partial charge on any atom is 0.0333 e. The molecule has 0 radical (unpaired) electrons. The number of hydrogen-bond acceptors (Lipinski definition) is 2. The van der Waals surface area contributed by atoms with E-state index < -0.39 is 0 Å². The molecule has 2 heteroatoms. The van der Waals surface area contributed by atoms with E-state index in [4.69, 9.17) is 5.73 Å². The van der Waals surface area contributed by atoms with Crippen LogP contribution in [0.3, 0.4) is 0 Å². The van der Waals surface area contributed by atoms with E-state index in [1.807, 2.05) is 0 Å². The number of hydrogen-bond donors (Lipinski definition) is 2. The third-order valence-corrected chi connectivity index (χ3v) is 3.14. The van der Waals surface area contributed by atoms with E-state index in [0.29, 0.717) is 11.6 Å². The van der Waals surface area contributed by atoms with E-state index in [1.165, 1.54) is 32.1 Å². The zero-order valence-corrected chi connectivity index (χ0v) is 6.40. The standard InChI is InChI=1S/C8H16N2/c9-7-3-6-10-8(7)4-1-2-5-8/h7,10H,1-6,9H2. The summed E-state index contributed by atoms with van der Waals surface area (Å²) in [5.41, 5.74) is 6.39. The van der Waals surface area contributed by atoms with Crippen LogP contribution in [0.25, 0.3) is 0 Å². The van der Waals surface area contributed by atoms with Crippen molar-refractivity contribution in [2.24, 2.45) is 5.73 Å². The molecule has 1 aliphatic carbocycles. The highest BCUT2D eigenvalue weighted by Gasteiger charge is 2.42. The molecular formula is C8H16N2. The smallest absolute Gasteiger partial charge is 0.0333 e. The van der Waals surface area contributed by atoms with Crippen LogP contribution in [0.5, 0.6) is 0 Å². The van der Waals surface area contributed by atoms with Gasteiger partial charge in [0.25, 0.3) is 0 Å². The van der Waals surface area contributed by atoms with Crippen LogP contribution < -0.4 is 11.1 Å². The van der Waals surface area contributed by atoms with Gasteiger partial charge in [0.05, 0.1) is 0 Å². The SMILES string of the molecule is NC1CCNC12CCCC2. The maximum atomic E-state index is 6.01. The Morgan fingerprint density at radius 3 is 2.50 bits per heavy atom. The molecule has 3 N–H and O–H groups in total. The van der Waals surface area contributed by atoms with E-state index in [0.717, 1.165) is 6.54 Å². The predicted octanol–water partition coefficient (Wildman–Crippen LogP) is 0.620. The summed E-state index contributed by atoms with van der Waals surface area (Å²) in [7, 11) is 0. The molecule has 2 aliphatic rings. The molecule has 1 heterocycles. The predicted molar refractivity (Wildman–Crippen MR) is 41.8 cm³/mol. The average molecular weight is 140 g/mol. The van der Waals surface area contributed by atoms with Gasteiger partial charge in [-0.3, -0.25) is 0 Å². The summed E-state index contributed by atoms with van der Waals surface area (Å²) < 4.78 is 0. The lowest BCUT2D eigenvalue weighted by atomic mass is 9.91. The monoisotopic (exact) mass is 140 g/mol. The van der Waals surface area contributed by atoms with E-state index in [9.17, 15) is 0 Å². The first-order chi connectivity index (χ1) is 4.83. The van der Waals surface area contributed by atoms with Gasteiger partial charge in [0.1, 0.15) is 0 Å². The third kappa shape index (κ3) is 0.789. The highest BCUT2D eigenvalue weighted by atomic mass is 15.1. The zero-order chi connectivity index (χ0) is 7.03. The van der Waals surface area contributed by atoms with E-state index in [1.54, 1.807) is 0 Å². The zero-order valence-electron chi connectivity index (χ0n) is 6.40. The second-order valence-electron chi connectivity index (χ2n) is 3.69. The van der Waals surface area contributed by atoms with Crippen LogP contribution >= 0.6 is 0 Å². The van der Waals surface area contributed by atoms with Crippen molar-refractivity contribution in [3.8, 4) is 0 Å². The molecule has 1 spiro atoms. The molecule has 2 nitrogen and oxygen atoms in total. The Labute approximate surface area is 62.2 Å². The average Bonchev–Trinajstić information content (AvgIpc) is 2.48.